The number of benzene rings is 3. The van der Waals surface area contributed by atoms with Gasteiger partial charge in [-0.3, -0.25) is 14.4 Å². The molecule has 11 nitrogen and oxygen atoms in total. The Morgan fingerprint density at radius 2 is 1.69 bits per heavy atom. The molecule has 1 saturated heterocycles. The molecule has 3 aromatic carbocycles. The number of aliphatic hydroxyl groups is 1. The van der Waals surface area contributed by atoms with Crippen LogP contribution >= 0.6 is 12.4 Å². The number of Topliss-reactive ketones (excluding diaryl/α,β-unsaturated/α-hetero) is 1. The molecular formula is C34H34ClF2NO10. The van der Waals surface area contributed by atoms with Crippen molar-refractivity contribution in [3.05, 3.63) is 87.0 Å². The van der Waals surface area contributed by atoms with E-state index in [0.29, 0.717) is 0 Å². The quantitative estimate of drug-likeness (QED) is 0.207. The minimum Gasteiger partial charge on any atom is -0.507 e. The largest absolute Gasteiger partial charge is 0.507 e. The molecular weight excluding hydrogens is 656 g/mol. The Kier molecular flexibility index (Phi) is 9.67. The van der Waals surface area contributed by atoms with Crippen LogP contribution in [0.4, 0.5) is 8.78 Å². The van der Waals surface area contributed by atoms with Gasteiger partial charge >= 0.3 is 0 Å². The van der Waals surface area contributed by atoms with E-state index in [9.17, 15) is 38.5 Å². The molecule has 48 heavy (non-hydrogen) atoms. The number of hydrogen-bond acceptors (Lipinski definition) is 11. The van der Waals surface area contributed by atoms with Gasteiger partial charge in [-0.1, -0.05) is 18.2 Å². The minimum absolute atomic E-state index is 0. The highest BCUT2D eigenvalue weighted by Crippen LogP contribution is 2.52. The summed E-state index contributed by atoms with van der Waals surface area (Å²) in [5.74, 6) is -4.96. The molecule has 0 bridgehead atoms. The summed E-state index contributed by atoms with van der Waals surface area (Å²) in [6.07, 6.45) is -4.86. The number of phenolic OH excluding ortho intramolecular Hbond substituents is 2. The van der Waals surface area contributed by atoms with Gasteiger partial charge < -0.3 is 40.0 Å². The van der Waals surface area contributed by atoms with E-state index in [0.717, 1.165) is 19.1 Å². The van der Waals surface area contributed by atoms with Gasteiger partial charge in [0.25, 0.3) is 0 Å². The fourth-order valence-corrected chi connectivity index (χ4v) is 6.76. The number of hydrogen-bond donors (Lipinski definition) is 4. The molecule has 0 aromatic heterocycles. The molecule has 5 N–H and O–H groups in total. The molecule has 0 spiro atoms. The summed E-state index contributed by atoms with van der Waals surface area (Å²) in [4.78, 5) is 40.1. The van der Waals surface area contributed by atoms with E-state index in [4.69, 9.17) is 24.7 Å². The lowest BCUT2D eigenvalue weighted by molar-refractivity contribution is -0.254. The Hall–Kier alpha value is -3.98. The maximum Gasteiger partial charge on any atom is 0.202 e. The molecule has 6 rings (SSSR count). The van der Waals surface area contributed by atoms with Crippen LogP contribution in [0.2, 0.25) is 0 Å². The molecule has 5 unspecified atom stereocenters. The summed E-state index contributed by atoms with van der Waals surface area (Å²) in [5.41, 5.74) is 2.76. The first-order valence-electron chi connectivity index (χ1n) is 15.0. The van der Waals surface area contributed by atoms with E-state index in [1.54, 1.807) is 6.92 Å². The second kappa shape index (κ2) is 13.1. The summed E-state index contributed by atoms with van der Waals surface area (Å²) in [5, 5.41) is 34.5. The van der Waals surface area contributed by atoms with Gasteiger partial charge in [0.1, 0.15) is 34.5 Å². The van der Waals surface area contributed by atoms with Crippen molar-refractivity contribution in [1.82, 2.24) is 0 Å². The Balaban J connectivity index is 0.00000451. The molecule has 6 atom stereocenters. The summed E-state index contributed by atoms with van der Waals surface area (Å²) in [6, 6.07) is 7.08. The van der Waals surface area contributed by atoms with Gasteiger partial charge in [0, 0.05) is 47.6 Å². The average molecular weight is 690 g/mol. The third-order valence-corrected chi connectivity index (χ3v) is 9.24. The normalized spacial score (nSPS) is 26.2. The maximum atomic E-state index is 14.2. The lowest BCUT2D eigenvalue weighted by atomic mass is 9.72. The van der Waals surface area contributed by atoms with Crippen LogP contribution < -0.4 is 10.5 Å². The monoisotopic (exact) mass is 689 g/mol. The van der Waals surface area contributed by atoms with Crippen LogP contribution in [0.25, 0.3) is 0 Å². The summed E-state index contributed by atoms with van der Waals surface area (Å²) in [7, 11) is 1.32. The van der Waals surface area contributed by atoms with E-state index in [2.05, 4.69) is 0 Å². The molecule has 1 fully saturated rings. The Morgan fingerprint density at radius 1 is 1.04 bits per heavy atom. The van der Waals surface area contributed by atoms with Crippen LogP contribution in [0, 0.1) is 11.6 Å². The number of phenols is 2. The molecule has 3 aliphatic rings. The van der Waals surface area contributed by atoms with Crippen LogP contribution in [0.1, 0.15) is 81.3 Å². The molecule has 0 saturated carbocycles. The van der Waals surface area contributed by atoms with Crippen molar-refractivity contribution in [1.29, 1.82) is 0 Å². The number of ether oxygens (including phenoxy) is 4. The van der Waals surface area contributed by atoms with Gasteiger partial charge in [-0.2, -0.15) is 0 Å². The molecule has 1 heterocycles. The number of nitrogens with two attached hydrogens (primary N) is 1. The second-order valence-electron chi connectivity index (χ2n) is 12.1. The summed E-state index contributed by atoms with van der Waals surface area (Å²) in [6.45, 7) is 2.37. The first-order chi connectivity index (χ1) is 22.3. The number of halogens is 3. The van der Waals surface area contributed by atoms with E-state index in [-0.39, 0.29) is 58.8 Å². The van der Waals surface area contributed by atoms with Crippen molar-refractivity contribution in [3.63, 3.8) is 0 Å². The van der Waals surface area contributed by atoms with Gasteiger partial charge in [0.2, 0.25) is 5.78 Å². The fraction of sp³-hybridized carbons (Fsp3) is 0.382. The number of rotatable bonds is 7. The highest BCUT2D eigenvalue weighted by atomic mass is 35.5. The molecule has 2 aliphatic carbocycles. The lowest BCUT2D eigenvalue weighted by Gasteiger charge is -2.43. The fourth-order valence-electron chi connectivity index (χ4n) is 6.76. The van der Waals surface area contributed by atoms with E-state index < -0.39 is 101 Å². The number of fused-ring (bicyclic) bond motifs is 3. The van der Waals surface area contributed by atoms with Crippen molar-refractivity contribution in [2.75, 3.05) is 7.11 Å². The van der Waals surface area contributed by atoms with Crippen LogP contribution in [-0.4, -0.2) is 69.9 Å². The van der Waals surface area contributed by atoms with E-state index in [1.807, 2.05) is 0 Å². The first-order valence-corrected chi connectivity index (χ1v) is 15.0. The van der Waals surface area contributed by atoms with Crippen molar-refractivity contribution in [3.8, 4) is 17.2 Å². The van der Waals surface area contributed by atoms with Gasteiger partial charge in [0.15, 0.2) is 17.9 Å². The average Bonchev–Trinajstić information content (AvgIpc) is 3.01. The van der Waals surface area contributed by atoms with Crippen LogP contribution in [-0.2, 0) is 32.0 Å². The zero-order chi connectivity index (χ0) is 33.9. The molecule has 0 amide bonds. The third kappa shape index (κ3) is 5.74. The number of carbonyl (C=O) groups is 3. The highest BCUT2D eigenvalue weighted by Gasteiger charge is 2.49. The molecule has 256 valence electrons. The number of aromatic hydroxyl groups is 2. The summed E-state index contributed by atoms with van der Waals surface area (Å²) < 4.78 is 51.6. The number of carbonyl (C=O) groups excluding carboxylic acids is 3. The number of ketones is 3. The second-order valence-corrected chi connectivity index (χ2v) is 12.1. The van der Waals surface area contributed by atoms with Gasteiger partial charge in [-0.15, -0.1) is 12.4 Å². The smallest absolute Gasteiger partial charge is 0.202 e. The maximum absolute atomic E-state index is 14.2. The molecule has 3 aromatic rings. The lowest BCUT2D eigenvalue weighted by Crippen LogP contribution is -2.53. The highest BCUT2D eigenvalue weighted by molar-refractivity contribution is 6.31. The van der Waals surface area contributed by atoms with Crippen molar-refractivity contribution >= 4 is 29.8 Å². The Morgan fingerprint density at radius 3 is 2.31 bits per heavy atom. The zero-order valence-corrected chi connectivity index (χ0v) is 26.9. The van der Waals surface area contributed by atoms with E-state index in [1.165, 1.54) is 31.4 Å². The Bertz CT molecular complexity index is 1790. The number of methoxy groups -OCH3 is 1. The van der Waals surface area contributed by atoms with Crippen molar-refractivity contribution < 1.29 is 57.4 Å². The van der Waals surface area contributed by atoms with Crippen LogP contribution in [0.15, 0.2) is 36.4 Å². The Labute approximate surface area is 280 Å². The third-order valence-electron chi connectivity index (χ3n) is 9.24. The van der Waals surface area contributed by atoms with E-state index >= 15 is 0 Å². The SMILES string of the molecule is COc1cccc2c1C(=O)c1c(O)c3c(c(O)c1C2=O)CC(O)(C(C)=O)C[C@H]3OC1CC(N)C(OCc2c(F)cccc2F)C(C)O1.Cl. The van der Waals surface area contributed by atoms with Gasteiger partial charge in [-0.05, 0) is 32.0 Å². The topological polar surface area (TPSA) is 175 Å². The van der Waals surface area contributed by atoms with Crippen LogP contribution in [0.3, 0.4) is 0 Å². The van der Waals surface area contributed by atoms with Crippen LogP contribution in [0.5, 0.6) is 17.2 Å². The first kappa shape index (κ1) is 35.3. The molecule has 1 aliphatic heterocycles. The minimum atomic E-state index is -2.07. The van der Waals surface area contributed by atoms with Crippen molar-refractivity contribution in [2.45, 2.75) is 76.0 Å². The summed E-state index contributed by atoms with van der Waals surface area (Å²) >= 11 is 0. The predicted octanol–water partition coefficient (Wildman–Crippen LogP) is 3.95. The van der Waals surface area contributed by atoms with Gasteiger partial charge in [0.05, 0.1) is 48.7 Å². The van der Waals surface area contributed by atoms with Gasteiger partial charge in [-0.25, -0.2) is 8.78 Å². The zero-order valence-electron chi connectivity index (χ0n) is 26.1. The standard InChI is InChI=1S/C34H33F2NO10.ClH/c1-14-33(45-13-18-19(35)7-5-8-20(18)36)21(37)10-24(46-14)47-23-12-34(43,15(2)38)11-17-26(23)32(42)28-27(30(17)40)29(39)16-6-4-9-22(44-3)25(16)31(28)41;/h4-9,14,21,23-24,33,40,42-43H,10-13,37H2,1-3H3;1H/t14?,21?,23-,24?,33?,34?;/m1./s1. The predicted molar refractivity (Wildman–Crippen MR) is 167 cm³/mol. The van der Waals surface area contributed by atoms with Crippen molar-refractivity contribution in [2.24, 2.45) is 5.73 Å². The molecule has 14 heteroatoms. The molecule has 0 radical (unpaired) electrons.